The lowest BCUT2D eigenvalue weighted by molar-refractivity contribution is 0.112. The normalized spacial score (nSPS) is 10.4. The zero-order chi connectivity index (χ0) is 13.9. The molecule has 98 valence electrons. The van der Waals surface area contributed by atoms with Crippen LogP contribution in [0.4, 0.5) is 11.4 Å². The Hall–Kier alpha value is -2.81. The Kier molecular flexibility index (Phi) is 3.09. The molecule has 0 saturated heterocycles. The van der Waals surface area contributed by atoms with Crippen molar-refractivity contribution < 1.29 is 9.90 Å². The summed E-state index contributed by atoms with van der Waals surface area (Å²) < 4.78 is 0. The number of benzene rings is 3. The van der Waals surface area contributed by atoms with Crippen LogP contribution in [-0.2, 0) is 0 Å². The number of carbonyl (C=O) groups excluding carboxylic acids is 1. The maximum absolute atomic E-state index is 11.2. The lowest BCUT2D eigenvalue weighted by atomic mass is 10.0. The first-order chi connectivity index (χ1) is 9.78. The summed E-state index contributed by atoms with van der Waals surface area (Å²) in [6.07, 6.45) is 0.842. The average molecular weight is 263 g/mol. The van der Waals surface area contributed by atoms with Crippen molar-refractivity contribution in [2.45, 2.75) is 0 Å². The van der Waals surface area contributed by atoms with Crippen molar-refractivity contribution in [1.82, 2.24) is 0 Å². The third-order valence-corrected chi connectivity index (χ3v) is 3.22. The molecule has 2 N–H and O–H groups in total. The van der Waals surface area contributed by atoms with E-state index in [1.54, 1.807) is 30.3 Å². The molecule has 0 fully saturated rings. The Labute approximate surface area is 116 Å². The second kappa shape index (κ2) is 5.05. The van der Waals surface area contributed by atoms with Gasteiger partial charge in [-0.3, -0.25) is 4.79 Å². The van der Waals surface area contributed by atoms with Crippen LogP contribution < -0.4 is 5.32 Å². The lowest BCUT2D eigenvalue weighted by Crippen LogP contribution is -1.96. The van der Waals surface area contributed by atoms with E-state index in [0.717, 1.165) is 28.4 Å². The van der Waals surface area contributed by atoms with Gasteiger partial charge in [0.1, 0.15) is 5.75 Å². The number of hydrogen-bond acceptors (Lipinski definition) is 3. The highest BCUT2D eigenvalue weighted by atomic mass is 16.3. The van der Waals surface area contributed by atoms with E-state index in [0.29, 0.717) is 5.56 Å². The van der Waals surface area contributed by atoms with Gasteiger partial charge in [-0.05, 0) is 35.7 Å². The largest absolute Gasteiger partial charge is 0.508 e. The highest BCUT2D eigenvalue weighted by Crippen LogP contribution is 2.30. The minimum absolute atomic E-state index is 0.212. The van der Waals surface area contributed by atoms with Gasteiger partial charge in [-0.25, -0.2) is 0 Å². The Morgan fingerprint density at radius 2 is 1.65 bits per heavy atom. The molecule has 0 heterocycles. The number of carbonyl (C=O) groups is 1. The summed E-state index contributed by atoms with van der Waals surface area (Å²) in [4.78, 5) is 11.2. The quantitative estimate of drug-likeness (QED) is 0.552. The number of aromatic hydroxyl groups is 1. The summed E-state index contributed by atoms with van der Waals surface area (Å²) in [6.45, 7) is 0. The number of hydrogen-bond donors (Lipinski definition) is 2. The minimum atomic E-state index is 0.212. The summed E-state index contributed by atoms with van der Waals surface area (Å²) in [6, 6.07) is 18.4. The highest BCUT2D eigenvalue weighted by molar-refractivity contribution is 6.03. The van der Waals surface area contributed by atoms with Crippen LogP contribution in [0.1, 0.15) is 10.4 Å². The topological polar surface area (TPSA) is 49.3 Å². The van der Waals surface area contributed by atoms with Crippen LogP contribution in [0.2, 0.25) is 0 Å². The van der Waals surface area contributed by atoms with Crippen molar-refractivity contribution in [3.05, 3.63) is 66.2 Å². The number of fused-ring (bicyclic) bond motifs is 1. The van der Waals surface area contributed by atoms with Crippen molar-refractivity contribution in [1.29, 1.82) is 0 Å². The van der Waals surface area contributed by atoms with Crippen molar-refractivity contribution in [2.24, 2.45) is 0 Å². The predicted octanol–water partition coefficient (Wildman–Crippen LogP) is 4.10. The fourth-order valence-electron chi connectivity index (χ4n) is 2.22. The Morgan fingerprint density at radius 1 is 0.900 bits per heavy atom. The molecule has 0 bridgehead atoms. The second-order valence-electron chi connectivity index (χ2n) is 4.54. The van der Waals surface area contributed by atoms with Gasteiger partial charge >= 0.3 is 0 Å². The van der Waals surface area contributed by atoms with Gasteiger partial charge in [-0.1, -0.05) is 30.3 Å². The molecule has 0 spiro atoms. The maximum Gasteiger partial charge on any atom is 0.152 e. The first kappa shape index (κ1) is 12.2. The van der Waals surface area contributed by atoms with Crippen LogP contribution in [-0.4, -0.2) is 11.4 Å². The number of anilines is 2. The number of phenols is 1. The van der Waals surface area contributed by atoms with E-state index in [1.165, 1.54) is 0 Å². The maximum atomic E-state index is 11.2. The number of rotatable bonds is 3. The van der Waals surface area contributed by atoms with E-state index in [4.69, 9.17) is 0 Å². The molecule has 3 heteroatoms. The van der Waals surface area contributed by atoms with Crippen molar-refractivity contribution in [3.63, 3.8) is 0 Å². The molecular weight excluding hydrogens is 250 g/mol. The molecule has 0 aliphatic carbocycles. The second-order valence-corrected chi connectivity index (χ2v) is 4.54. The molecule has 0 aliphatic heterocycles. The molecule has 20 heavy (non-hydrogen) atoms. The summed E-state index contributed by atoms with van der Waals surface area (Å²) in [5.74, 6) is 0.212. The summed E-state index contributed by atoms with van der Waals surface area (Å²) in [5.41, 5.74) is 2.21. The fraction of sp³-hybridized carbons (Fsp3) is 0. The first-order valence-electron chi connectivity index (χ1n) is 6.31. The minimum Gasteiger partial charge on any atom is -0.508 e. The molecular formula is C17H13NO2. The van der Waals surface area contributed by atoms with Gasteiger partial charge in [0.25, 0.3) is 0 Å². The highest BCUT2D eigenvalue weighted by Gasteiger charge is 2.07. The van der Waals surface area contributed by atoms with Gasteiger partial charge < -0.3 is 10.4 Å². The van der Waals surface area contributed by atoms with E-state index in [-0.39, 0.29) is 5.75 Å². The number of phenolic OH excluding ortho intramolecular Hbond substituents is 1. The lowest BCUT2D eigenvalue weighted by Gasteiger charge is -2.12. The third kappa shape index (κ3) is 2.21. The van der Waals surface area contributed by atoms with Crippen LogP contribution in [0.5, 0.6) is 5.75 Å². The average Bonchev–Trinajstić information content (AvgIpc) is 2.50. The van der Waals surface area contributed by atoms with Gasteiger partial charge in [-0.2, -0.15) is 0 Å². The number of nitrogens with one attached hydrogen (secondary N) is 1. The van der Waals surface area contributed by atoms with Gasteiger partial charge in [0, 0.05) is 16.6 Å². The fourth-order valence-corrected chi connectivity index (χ4v) is 2.22. The predicted molar refractivity (Wildman–Crippen MR) is 80.7 cm³/mol. The molecule has 0 aliphatic rings. The summed E-state index contributed by atoms with van der Waals surface area (Å²) in [7, 11) is 0. The van der Waals surface area contributed by atoms with E-state index >= 15 is 0 Å². The molecule has 3 rings (SSSR count). The molecule has 0 atom stereocenters. The van der Waals surface area contributed by atoms with E-state index < -0.39 is 0 Å². The van der Waals surface area contributed by atoms with Crippen LogP contribution in [0.3, 0.4) is 0 Å². The molecule has 0 amide bonds. The SMILES string of the molecule is O=Cc1ccc2ccccc2c1Nc1ccc(O)cc1. The van der Waals surface area contributed by atoms with Gasteiger partial charge in [0.05, 0.1) is 5.69 Å². The Bertz CT molecular complexity index is 764. The number of aldehydes is 1. The van der Waals surface area contributed by atoms with Crippen molar-refractivity contribution in [3.8, 4) is 5.75 Å². The molecule has 0 radical (unpaired) electrons. The summed E-state index contributed by atoms with van der Waals surface area (Å²) in [5, 5.41) is 14.6. The molecule has 0 saturated carbocycles. The summed E-state index contributed by atoms with van der Waals surface area (Å²) >= 11 is 0. The smallest absolute Gasteiger partial charge is 0.152 e. The van der Waals surface area contributed by atoms with Crippen LogP contribution >= 0.6 is 0 Å². The van der Waals surface area contributed by atoms with Crippen molar-refractivity contribution in [2.75, 3.05) is 5.32 Å². The van der Waals surface area contributed by atoms with Crippen LogP contribution in [0.15, 0.2) is 60.7 Å². The standard InChI is InChI=1S/C17H13NO2/c19-11-13-6-5-12-3-1-2-4-16(12)17(13)18-14-7-9-15(20)10-8-14/h1-11,18,20H. The third-order valence-electron chi connectivity index (χ3n) is 3.22. The van der Waals surface area contributed by atoms with Crippen molar-refractivity contribution >= 4 is 28.4 Å². The molecule has 3 aromatic carbocycles. The zero-order valence-electron chi connectivity index (χ0n) is 10.7. The van der Waals surface area contributed by atoms with Gasteiger partial charge in [0.2, 0.25) is 0 Å². The molecule has 3 aromatic rings. The Morgan fingerprint density at radius 3 is 2.40 bits per heavy atom. The van der Waals surface area contributed by atoms with E-state index in [1.807, 2.05) is 30.3 Å². The van der Waals surface area contributed by atoms with Crippen LogP contribution in [0, 0.1) is 0 Å². The zero-order valence-corrected chi connectivity index (χ0v) is 10.7. The van der Waals surface area contributed by atoms with Gasteiger partial charge in [0.15, 0.2) is 6.29 Å². The van der Waals surface area contributed by atoms with Crippen LogP contribution in [0.25, 0.3) is 10.8 Å². The van der Waals surface area contributed by atoms with E-state index in [9.17, 15) is 9.90 Å². The Balaban J connectivity index is 2.13. The monoisotopic (exact) mass is 263 g/mol. The molecule has 3 nitrogen and oxygen atoms in total. The first-order valence-corrected chi connectivity index (χ1v) is 6.31. The van der Waals surface area contributed by atoms with Gasteiger partial charge in [-0.15, -0.1) is 0 Å². The molecule has 0 unspecified atom stereocenters. The van der Waals surface area contributed by atoms with E-state index in [2.05, 4.69) is 5.32 Å². The molecule has 0 aromatic heterocycles.